The van der Waals surface area contributed by atoms with Crippen LogP contribution in [-0.4, -0.2) is 18.0 Å². The number of nitrogens with zero attached hydrogens (tertiary/aromatic N) is 1. The molecule has 1 heterocycles. The van der Waals surface area contributed by atoms with Gasteiger partial charge in [-0.3, -0.25) is 4.99 Å². The fourth-order valence-electron chi connectivity index (χ4n) is 0.621. The maximum absolute atomic E-state index is 6.50. The molecule has 8 heavy (non-hydrogen) atoms. The minimum Gasteiger partial charge on any atom is -0.320 e. The van der Waals surface area contributed by atoms with Gasteiger partial charge in [-0.15, -0.1) is 0 Å². The zero-order valence-corrected chi connectivity index (χ0v) is 4.88. The predicted molar refractivity (Wildman–Crippen MR) is 33.2 cm³/mol. The molecule has 0 aliphatic carbocycles. The first-order chi connectivity index (χ1) is 4.00. The van der Waals surface area contributed by atoms with Crippen LogP contribution in [0.25, 0.3) is 0 Å². The van der Waals surface area contributed by atoms with E-state index in [1.54, 1.807) is 0 Å². The maximum atomic E-state index is 6.50. The van der Waals surface area contributed by atoms with E-state index in [2.05, 4.69) is 10.9 Å². The third kappa shape index (κ3) is 3.77. The Hall–Kier alpha value is -0.410. The molecule has 0 saturated carbocycles. The largest absolute Gasteiger partial charge is 0.320 e. The van der Waals surface area contributed by atoms with Crippen molar-refractivity contribution in [2.24, 2.45) is 10.9 Å². The Labute approximate surface area is 49.2 Å². The average molecular weight is 116 g/mol. The smallest absolute Gasteiger partial charge is 0.0385 e. The van der Waals surface area contributed by atoms with E-state index in [0.717, 1.165) is 6.54 Å². The summed E-state index contributed by atoms with van der Waals surface area (Å²) in [4.78, 5) is 4.05. The Morgan fingerprint density at radius 2 is 2.12 bits per heavy atom. The molecule has 0 radical (unpaired) electrons. The first kappa shape index (κ1) is 7.59. The Morgan fingerprint density at radius 3 is 2.25 bits per heavy atom. The van der Waals surface area contributed by atoms with E-state index in [0.29, 0.717) is 0 Å². The average Bonchev–Trinajstić information content (AvgIpc) is 1.96. The van der Waals surface area contributed by atoms with E-state index in [4.69, 9.17) is 5.21 Å². The summed E-state index contributed by atoms with van der Waals surface area (Å²) in [7, 11) is 0. The standard InChI is InChI=1S/C5H9N.H3NO/c1-2-4-6-5-3-1;1-2/h4H,1-3,5H2;2H,1H2. The SMILES string of the molecule is C1=NCCCC1.NO. The number of aliphatic imine (C=N–C) groups is 1. The van der Waals surface area contributed by atoms with E-state index < -0.39 is 0 Å². The van der Waals surface area contributed by atoms with Crippen LogP contribution >= 0.6 is 0 Å². The summed E-state index contributed by atoms with van der Waals surface area (Å²) in [5.74, 6) is 3.50. The fraction of sp³-hybridized carbons (Fsp3) is 0.800. The van der Waals surface area contributed by atoms with Crippen molar-refractivity contribution >= 4 is 6.21 Å². The third-order valence-corrected chi connectivity index (χ3v) is 1.000. The number of hydrogen-bond donors (Lipinski definition) is 2. The van der Waals surface area contributed by atoms with Gasteiger partial charge in [0, 0.05) is 6.54 Å². The van der Waals surface area contributed by atoms with E-state index in [1.165, 1.54) is 19.3 Å². The highest BCUT2D eigenvalue weighted by molar-refractivity contribution is 5.57. The van der Waals surface area contributed by atoms with Gasteiger partial charge in [-0.05, 0) is 25.5 Å². The molecule has 0 bridgehead atoms. The summed E-state index contributed by atoms with van der Waals surface area (Å²) >= 11 is 0. The normalized spacial score (nSPS) is 16.8. The predicted octanol–water partition coefficient (Wildman–Crippen LogP) is 0.575. The highest BCUT2D eigenvalue weighted by Gasteiger charge is 1.88. The van der Waals surface area contributed by atoms with Crippen LogP contribution in [0.3, 0.4) is 0 Å². The van der Waals surface area contributed by atoms with Crippen molar-refractivity contribution < 1.29 is 5.21 Å². The van der Waals surface area contributed by atoms with Crippen LogP contribution in [0.15, 0.2) is 4.99 Å². The van der Waals surface area contributed by atoms with Crippen molar-refractivity contribution in [1.82, 2.24) is 0 Å². The van der Waals surface area contributed by atoms with Crippen LogP contribution in [0.2, 0.25) is 0 Å². The Kier molecular flexibility index (Phi) is 6.25. The zero-order chi connectivity index (χ0) is 6.24. The van der Waals surface area contributed by atoms with Crippen LogP contribution in [0.5, 0.6) is 0 Å². The van der Waals surface area contributed by atoms with Gasteiger partial charge in [-0.1, -0.05) is 0 Å². The van der Waals surface area contributed by atoms with Crippen LogP contribution in [-0.2, 0) is 0 Å². The molecule has 1 rings (SSSR count). The highest BCUT2D eigenvalue weighted by atomic mass is 16.4. The second-order valence-electron chi connectivity index (χ2n) is 1.58. The quantitative estimate of drug-likeness (QED) is 0.455. The Bertz CT molecular complexity index is 55.4. The minimum absolute atomic E-state index is 1.07. The van der Waals surface area contributed by atoms with Gasteiger partial charge >= 0.3 is 0 Å². The van der Waals surface area contributed by atoms with Gasteiger partial charge in [0.15, 0.2) is 0 Å². The molecule has 0 spiro atoms. The van der Waals surface area contributed by atoms with Gasteiger partial charge in [0.1, 0.15) is 0 Å². The number of nitrogens with two attached hydrogens (primary N) is 1. The summed E-state index contributed by atoms with van der Waals surface area (Å²) in [5, 5.41) is 6.50. The molecule has 1 aliphatic rings. The van der Waals surface area contributed by atoms with Gasteiger partial charge in [-0.25, -0.2) is 5.90 Å². The van der Waals surface area contributed by atoms with Gasteiger partial charge in [0.2, 0.25) is 0 Å². The highest BCUT2D eigenvalue weighted by Crippen LogP contribution is 1.97. The van der Waals surface area contributed by atoms with Crippen molar-refractivity contribution in [2.75, 3.05) is 6.54 Å². The Balaban J connectivity index is 0.000000222. The molecule has 0 fully saturated rings. The summed E-state index contributed by atoms with van der Waals surface area (Å²) < 4.78 is 0. The van der Waals surface area contributed by atoms with Crippen LogP contribution in [0.4, 0.5) is 0 Å². The molecule has 0 saturated heterocycles. The van der Waals surface area contributed by atoms with Crippen LogP contribution < -0.4 is 5.90 Å². The molecular weight excluding hydrogens is 104 g/mol. The monoisotopic (exact) mass is 116 g/mol. The van der Waals surface area contributed by atoms with E-state index >= 15 is 0 Å². The zero-order valence-electron chi connectivity index (χ0n) is 4.88. The lowest BCUT2D eigenvalue weighted by Gasteiger charge is -1.97. The topological polar surface area (TPSA) is 58.6 Å². The number of hydrogen-bond acceptors (Lipinski definition) is 3. The van der Waals surface area contributed by atoms with E-state index in [9.17, 15) is 0 Å². The lowest BCUT2D eigenvalue weighted by molar-refractivity contribution is 0.311. The second kappa shape index (κ2) is 6.59. The molecule has 1 aliphatic heterocycles. The molecule has 0 amide bonds. The molecule has 3 N–H and O–H groups in total. The summed E-state index contributed by atoms with van der Waals surface area (Å²) in [6.07, 6.45) is 5.88. The summed E-state index contributed by atoms with van der Waals surface area (Å²) in [6.45, 7) is 1.07. The van der Waals surface area contributed by atoms with Crippen LogP contribution in [0, 0.1) is 0 Å². The Morgan fingerprint density at radius 1 is 1.38 bits per heavy atom. The molecule has 0 aromatic rings. The molecule has 0 aromatic carbocycles. The van der Waals surface area contributed by atoms with E-state index in [1.807, 2.05) is 6.21 Å². The van der Waals surface area contributed by atoms with Crippen LogP contribution in [0.1, 0.15) is 19.3 Å². The van der Waals surface area contributed by atoms with Crippen molar-refractivity contribution in [3.8, 4) is 0 Å². The van der Waals surface area contributed by atoms with Gasteiger partial charge in [0.25, 0.3) is 0 Å². The fourth-order valence-corrected chi connectivity index (χ4v) is 0.621. The van der Waals surface area contributed by atoms with Crippen molar-refractivity contribution in [3.05, 3.63) is 0 Å². The van der Waals surface area contributed by atoms with Gasteiger partial charge < -0.3 is 5.21 Å². The molecule has 0 atom stereocenters. The molecule has 0 aromatic heterocycles. The molecule has 3 nitrogen and oxygen atoms in total. The second-order valence-corrected chi connectivity index (χ2v) is 1.58. The minimum atomic E-state index is 1.07. The molecule has 48 valence electrons. The first-order valence-electron chi connectivity index (χ1n) is 2.74. The van der Waals surface area contributed by atoms with Crippen molar-refractivity contribution in [2.45, 2.75) is 19.3 Å². The third-order valence-electron chi connectivity index (χ3n) is 1.000. The lowest BCUT2D eigenvalue weighted by Crippen LogP contribution is -1.89. The van der Waals surface area contributed by atoms with Gasteiger partial charge in [0.05, 0.1) is 0 Å². The van der Waals surface area contributed by atoms with Crippen molar-refractivity contribution in [1.29, 1.82) is 0 Å². The summed E-state index contributed by atoms with van der Waals surface area (Å²) in [6, 6.07) is 0. The molecule has 3 heteroatoms. The van der Waals surface area contributed by atoms with Crippen molar-refractivity contribution in [3.63, 3.8) is 0 Å². The van der Waals surface area contributed by atoms with Gasteiger partial charge in [-0.2, -0.15) is 0 Å². The number of rotatable bonds is 0. The molecular formula is C5H12N2O. The first-order valence-corrected chi connectivity index (χ1v) is 2.74. The van der Waals surface area contributed by atoms with E-state index in [-0.39, 0.29) is 0 Å². The molecule has 0 unspecified atom stereocenters. The lowest BCUT2D eigenvalue weighted by atomic mass is 10.2. The summed E-state index contributed by atoms with van der Waals surface area (Å²) in [5.41, 5.74) is 0. The maximum Gasteiger partial charge on any atom is 0.0385 e.